The lowest BCUT2D eigenvalue weighted by atomic mass is 10.2. The lowest BCUT2D eigenvalue weighted by molar-refractivity contribution is 0.0946. The zero-order chi connectivity index (χ0) is 15.1. The third-order valence-electron chi connectivity index (χ3n) is 2.94. The molecule has 0 fully saturated rings. The van der Waals surface area contributed by atoms with E-state index < -0.39 is 0 Å². The third-order valence-corrected chi connectivity index (χ3v) is 3.47. The molecule has 21 heavy (non-hydrogen) atoms. The molecule has 1 aromatic heterocycles. The first-order valence-corrected chi connectivity index (χ1v) is 7.71. The van der Waals surface area contributed by atoms with Gasteiger partial charge in [0.15, 0.2) is 0 Å². The maximum Gasteiger partial charge on any atom is 0.270 e. The summed E-state index contributed by atoms with van der Waals surface area (Å²) in [5.41, 5.74) is 2.41. The molecular weight excluding hydrogens is 330 g/mol. The van der Waals surface area contributed by atoms with E-state index in [0.717, 1.165) is 28.7 Å². The average Bonchev–Trinajstić information content (AvgIpc) is 2.52. The number of carbonyl (C=O) groups excluding carboxylic acids is 1. The molecular formula is C16H18BrN3O. The van der Waals surface area contributed by atoms with Crippen molar-refractivity contribution in [3.05, 3.63) is 58.3 Å². The Kier molecular flexibility index (Phi) is 5.75. The molecule has 5 heteroatoms. The topological polar surface area (TPSA) is 54.0 Å². The smallest absolute Gasteiger partial charge is 0.270 e. The van der Waals surface area contributed by atoms with Crippen molar-refractivity contribution in [1.82, 2.24) is 10.3 Å². The van der Waals surface area contributed by atoms with Crippen molar-refractivity contribution in [3.8, 4) is 0 Å². The number of pyridine rings is 1. The third kappa shape index (κ3) is 4.86. The fourth-order valence-electron chi connectivity index (χ4n) is 1.78. The molecule has 2 rings (SSSR count). The predicted octanol–water partition coefficient (Wildman–Crippen LogP) is 3.60. The van der Waals surface area contributed by atoms with Crippen molar-refractivity contribution in [2.24, 2.45) is 0 Å². The van der Waals surface area contributed by atoms with E-state index >= 15 is 0 Å². The number of rotatable bonds is 6. The van der Waals surface area contributed by atoms with Crippen molar-refractivity contribution in [1.29, 1.82) is 0 Å². The molecule has 0 aliphatic rings. The second-order valence-corrected chi connectivity index (χ2v) is 5.58. The summed E-state index contributed by atoms with van der Waals surface area (Å²) in [5, 5.41) is 6.09. The molecule has 0 saturated heterocycles. The number of benzene rings is 1. The van der Waals surface area contributed by atoms with Crippen LogP contribution in [0, 0.1) is 0 Å². The summed E-state index contributed by atoms with van der Waals surface area (Å²) in [6, 6.07) is 11.4. The quantitative estimate of drug-likeness (QED) is 0.839. The first-order chi connectivity index (χ1) is 10.2. The van der Waals surface area contributed by atoms with Crippen LogP contribution < -0.4 is 10.6 Å². The van der Waals surface area contributed by atoms with Gasteiger partial charge in [-0.25, -0.2) is 4.98 Å². The molecule has 0 saturated carbocycles. The maximum absolute atomic E-state index is 12.0. The summed E-state index contributed by atoms with van der Waals surface area (Å²) in [6.45, 7) is 3.49. The fraction of sp³-hybridized carbons (Fsp3) is 0.250. The van der Waals surface area contributed by atoms with Gasteiger partial charge in [-0.05, 0) is 36.2 Å². The van der Waals surface area contributed by atoms with Crippen LogP contribution in [-0.4, -0.2) is 17.4 Å². The van der Waals surface area contributed by atoms with E-state index in [-0.39, 0.29) is 5.91 Å². The van der Waals surface area contributed by atoms with Crippen molar-refractivity contribution < 1.29 is 4.79 Å². The van der Waals surface area contributed by atoms with Gasteiger partial charge in [-0.3, -0.25) is 4.79 Å². The normalized spacial score (nSPS) is 10.2. The van der Waals surface area contributed by atoms with Crippen LogP contribution in [0.4, 0.5) is 5.69 Å². The summed E-state index contributed by atoms with van der Waals surface area (Å²) in [7, 11) is 0. The number of halogens is 1. The molecule has 0 radical (unpaired) electrons. The van der Waals surface area contributed by atoms with E-state index in [2.05, 4.69) is 38.5 Å². The van der Waals surface area contributed by atoms with Gasteiger partial charge in [0.2, 0.25) is 0 Å². The molecule has 0 spiro atoms. The molecule has 1 amide bonds. The standard InChI is InChI=1S/C16H18BrN3O/c1-2-9-18-14-7-8-15(19-11-14)16(21)20-10-12-3-5-13(17)6-4-12/h3-8,11,18H,2,9-10H2,1H3,(H,20,21). The number of hydrogen-bond donors (Lipinski definition) is 2. The van der Waals surface area contributed by atoms with Crippen LogP contribution in [0.5, 0.6) is 0 Å². The monoisotopic (exact) mass is 347 g/mol. The molecule has 0 aliphatic carbocycles. The summed E-state index contributed by atoms with van der Waals surface area (Å²) < 4.78 is 1.02. The minimum Gasteiger partial charge on any atom is -0.384 e. The Morgan fingerprint density at radius 2 is 1.95 bits per heavy atom. The van der Waals surface area contributed by atoms with E-state index in [1.165, 1.54) is 0 Å². The number of aromatic nitrogens is 1. The van der Waals surface area contributed by atoms with Crippen molar-refractivity contribution in [2.75, 3.05) is 11.9 Å². The van der Waals surface area contributed by atoms with E-state index in [0.29, 0.717) is 12.2 Å². The summed E-state index contributed by atoms with van der Waals surface area (Å²) in [5.74, 6) is -0.167. The predicted molar refractivity (Wildman–Crippen MR) is 88.3 cm³/mol. The number of amides is 1. The van der Waals surface area contributed by atoms with Gasteiger partial charge in [-0.2, -0.15) is 0 Å². The molecule has 2 aromatic rings. The van der Waals surface area contributed by atoms with Crippen molar-refractivity contribution >= 4 is 27.5 Å². The van der Waals surface area contributed by atoms with Gasteiger partial charge in [0.05, 0.1) is 11.9 Å². The van der Waals surface area contributed by atoms with Gasteiger partial charge >= 0.3 is 0 Å². The Morgan fingerprint density at radius 3 is 2.57 bits per heavy atom. The van der Waals surface area contributed by atoms with E-state index in [1.54, 1.807) is 12.3 Å². The largest absolute Gasteiger partial charge is 0.384 e. The number of carbonyl (C=O) groups is 1. The second kappa shape index (κ2) is 7.78. The van der Waals surface area contributed by atoms with E-state index in [9.17, 15) is 4.79 Å². The van der Waals surface area contributed by atoms with Crippen LogP contribution in [0.1, 0.15) is 29.4 Å². The summed E-state index contributed by atoms with van der Waals surface area (Å²) in [6.07, 6.45) is 2.74. The van der Waals surface area contributed by atoms with Gasteiger partial charge in [0.25, 0.3) is 5.91 Å². The number of nitrogens with one attached hydrogen (secondary N) is 2. The molecule has 0 atom stereocenters. The van der Waals surface area contributed by atoms with Gasteiger partial charge < -0.3 is 10.6 Å². The number of anilines is 1. The first-order valence-electron chi connectivity index (χ1n) is 6.91. The average molecular weight is 348 g/mol. The highest BCUT2D eigenvalue weighted by Gasteiger charge is 2.06. The van der Waals surface area contributed by atoms with Crippen LogP contribution in [0.2, 0.25) is 0 Å². The Balaban J connectivity index is 1.89. The van der Waals surface area contributed by atoms with Crippen LogP contribution in [-0.2, 0) is 6.54 Å². The zero-order valence-corrected chi connectivity index (χ0v) is 13.5. The van der Waals surface area contributed by atoms with Gasteiger partial charge in [-0.1, -0.05) is 35.0 Å². The number of hydrogen-bond acceptors (Lipinski definition) is 3. The van der Waals surface area contributed by atoms with E-state index in [4.69, 9.17) is 0 Å². The molecule has 1 heterocycles. The lowest BCUT2D eigenvalue weighted by Gasteiger charge is -2.07. The molecule has 110 valence electrons. The van der Waals surface area contributed by atoms with Crippen molar-refractivity contribution in [3.63, 3.8) is 0 Å². The van der Waals surface area contributed by atoms with Gasteiger partial charge in [0.1, 0.15) is 5.69 Å². The van der Waals surface area contributed by atoms with Crippen LogP contribution >= 0.6 is 15.9 Å². The van der Waals surface area contributed by atoms with E-state index in [1.807, 2.05) is 30.3 Å². The van der Waals surface area contributed by atoms with Gasteiger partial charge in [-0.15, -0.1) is 0 Å². The Hall–Kier alpha value is -1.88. The Labute approximate surface area is 133 Å². The SMILES string of the molecule is CCCNc1ccc(C(=O)NCc2ccc(Br)cc2)nc1. The minimum absolute atomic E-state index is 0.167. The Bertz CT molecular complexity index is 581. The lowest BCUT2D eigenvalue weighted by Crippen LogP contribution is -2.23. The highest BCUT2D eigenvalue weighted by atomic mass is 79.9. The molecule has 2 N–H and O–H groups in total. The second-order valence-electron chi connectivity index (χ2n) is 4.67. The van der Waals surface area contributed by atoms with Crippen LogP contribution in [0.25, 0.3) is 0 Å². The maximum atomic E-state index is 12.0. The molecule has 1 aromatic carbocycles. The highest BCUT2D eigenvalue weighted by Crippen LogP contribution is 2.10. The molecule has 0 unspecified atom stereocenters. The summed E-state index contributed by atoms with van der Waals surface area (Å²) in [4.78, 5) is 16.2. The highest BCUT2D eigenvalue weighted by molar-refractivity contribution is 9.10. The zero-order valence-electron chi connectivity index (χ0n) is 11.9. The minimum atomic E-state index is -0.167. The first kappa shape index (κ1) is 15.5. The summed E-state index contributed by atoms with van der Waals surface area (Å²) >= 11 is 3.38. The van der Waals surface area contributed by atoms with Crippen LogP contribution in [0.3, 0.4) is 0 Å². The Morgan fingerprint density at radius 1 is 1.19 bits per heavy atom. The van der Waals surface area contributed by atoms with Crippen molar-refractivity contribution in [2.45, 2.75) is 19.9 Å². The molecule has 4 nitrogen and oxygen atoms in total. The molecule has 0 bridgehead atoms. The number of nitrogens with zero attached hydrogens (tertiary/aromatic N) is 1. The fourth-order valence-corrected chi connectivity index (χ4v) is 2.04. The van der Waals surface area contributed by atoms with Gasteiger partial charge in [0, 0.05) is 17.6 Å². The molecule has 0 aliphatic heterocycles. The van der Waals surface area contributed by atoms with Crippen LogP contribution in [0.15, 0.2) is 47.1 Å².